The van der Waals surface area contributed by atoms with Gasteiger partial charge in [0.15, 0.2) is 0 Å². The van der Waals surface area contributed by atoms with Crippen molar-refractivity contribution in [3.63, 3.8) is 0 Å². The first kappa shape index (κ1) is 14.9. The molecule has 0 aliphatic rings. The number of phenolic OH excluding ortho intramolecular Hbond substituents is 1. The molecule has 0 fully saturated rings. The van der Waals surface area contributed by atoms with Gasteiger partial charge in [0.05, 0.1) is 6.54 Å². The molecule has 0 amide bonds. The van der Waals surface area contributed by atoms with Crippen molar-refractivity contribution < 1.29 is 10.2 Å². The largest absolute Gasteiger partial charge is 0.507 e. The molecule has 1 atom stereocenters. The zero-order valence-corrected chi connectivity index (χ0v) is 12.0. The molecule has 0 aromatic heterocycles. The van der Waals surface area contributed by atoms with E-state index in [4.69, 9.17) is 23.2 Å². The molecule has 1 unspecified atom stereocenters. The van der Waals surface area contributed by atoms with E-state index in [9.17, 15) is 10.2 Å². The number of halogens is 2. The van der Waals surface area contributed by atoms with E-state index >= 15 is 0 Å². The van der Waals surface area contributed by atoms with Crippen LogP contribution in [0.2, 0.25) is 10.0 Å². The fraction of sp³-hybridized carbons (Fsp3) is 0.133. The van der Waals surface area contributed by atoms with Gasteiger partial charge in [0.2, 0.25) is 0 Å². The highest BCUT2D eigenvalue weighted by Gasteiger charge is 2.14. The summed E-state index contributed by atoms with van der Waals surface area (Å²) >= 11 is 12.0. The lowest BCUT2D eigenvalue weighted by molar-refractivity contribution is 0.187. The van der Waals surface area contributed by atoms with Gasteiger partial charge in [-0.15, -0.1) is 0 Å². The number of hydrogen-bond donors (Lipinski definition) is 2. The predicted octanol–water partition coefficient (Wildman–Crippen LogP) is 3.85. The SMILES string of the molecule is Oc1ccccc1C=NCC(O)c1c(Cl)cccc1Cl. The Kier molecular flexibility index (Phi) is 5.01. The summed E-state index contributed by atoms with van der Waals surface area (Å²) < 4.78 is 0. The zero-order chi connectivity index (χ0) is 14.5. The van der Waals surface area contributed by atoms with Gasteiger partial charge in [-0.3, -0.25) is 4.99 Å². The molecule has 3 nitrogen and oxygen atoms in total. The van der Waals surface area contributed by atoms with Gasteiger partial charge in [-0.25, -0.2) is 0 Å². The molecule has 0 radical (unpaired) electrons. The molecular formula is C15H13Cl2NO2. The number of aliphatic hydroxyl groups excluding tert-OH is 1. The topological polar surface area (TPSA) is 52.8 Å². The van der Waals surface area contributed by atoms with Gasteiger partial charge in [0, 0.05) is 27.4 Å². The van der Waals surface area contributed by atoms with Crippen LogP contribution in [0.3, 0.4) is 0 Å². The predicted molar refractivity (Wildman–Crippen MR) is 82.0 cm³/mol. The minimum absolute atomic E-state index is 0.109. The van der Waals surface area contributed by atoms with E-state index in [2.05, 4.69) is 4.99 Å². The van der Waals surface area contributed by atoms with E-state index in [1.807, 2.05) is 0 Å². The smallest absolute Gasteiger partial charge is 0.124 e. The highest BCUT2D eigenvalue weighted by molar-refractivity contribution is 6.36. The van der Waals surface area contributed by atoms with Gasteiger partial charge in [0.1, 0.15) is 11.9 Å². The molecule has 0 spiro atoms. The zero-order valence-electron chi connectivity index (χ0n) is 10.5. The number of aliphatic hydroxyl groups is 1. The Morgan fingerprint density at radius 1 is 1.05 bits per heavy atom. The van der Waals surface area contributed by atoms with Crippen molar-refractivity contribution >= 4 is 29.4 Å². The maximum atomic E-state index is 10.1. The summed E-state index contributed by atoms with van der Waals surface area (Å²) in [6.45, 7) is 0.109. The summed E-state index contributed by atoms with van der Waals surface area (Å²) in [7, 11) is 0. The molecule has 0 saturated carbocycles. The molecule has 0 bridgehead atoms. The van der Waals surface area contributed by atoms with Gasteiger partial charge in [-0.1, -0.05) is 41.4 Å². The highest BCUT2D eigenvalue weighted by atomic mass is 35.5. The lowest BCUT2D eigenvalue weighted by atomic mass is 10.1. The van der Waals surface area contributed by atoms with Crippen LogP contribution in [-0.4, -0.2) is 23.0 Å². The summed E-state index contributed by atoms with van der Waals surface area (Å²) in [6.07, 6.45) is 0.613. The molecule has 0 saturated heterocycles. The molecule has 20 heavy (non-hydrogen) atoms. The lowest BCUT2D eigenvalue weighted by Crippen LogP contribution is -2.03. The summed E-state index contributed by atoms with van der Waals surface area (Å²) in [5.41, 5.74) is 1.05. The number of aromatic hydroxyl groups is 1. The van der Waals surface area contributed by atoms with E-state index < -0.39 is 6.10 Å². The van der Waals surface area contributed by atoms with Crippen molar-refractivity contribution in [2.75, 3.05) is 6.54 Å². The third-order valence-corrected chi connectivity index (χ3v) is 3.44. The van der Waals surface area contributed by atoms with Crippen molar-refractivity contribution in [2.24, 2.45) is 4.99 Å². The van der Waals surface area contributed by atoms with Crippen LogP contribution in [0.4, 0.5) is 0 Å². The Hall–Kier alpha value is -1.55. The lowest BCUT2D eigenvalue weighted by Gasteiger charge is -2.12. The van der Waals surface area contributed by atoms with Crippen LogP contribution in [0.15, 0.2) is 47.5 Å². The molecule has 5 heteroatoms. The molecule has 0 aliphatic carbocycles. The Morgan fingerprint density at radius 2 is 1.70 bits per heavy atom. The van der Waals surface area contributed by atoms with Gasteiger partial charge in [0.25, 0.3) is 0 Å². The molecule has 104 valence electrons. The van der Waals surface area contributed by atoms with Gasteiger partial charge in [-0.2, -0.15) is 0 Å². The molecular weight excluding hydrogens is 297 g/mol. The van der Waals surface area contributed by atoms with Crippen molar-refractivity contribution in [3.8, 4) is 5.75 Å². The average molecular weight is 310 g/mol. The molecule has 0 heterocycles. The molecule has 2 aromatic rings. The van der Waals surface area contributed by atoms with Crippen LogP contribution in [-0.2, 0) is 0 Å². The first-order valence-corrected chi connectivity index (χ1v) is 6.75. The Balaban J connectivity index is 2.09. The van der Waals surface area contributed by atoms with Crippen LogP contribution < -0.4 is 0 Å². The molecule has 2 rings (SSSR count). The van der Waals surface area contributed by atoms with E-state index in [1.165, 1.54) is 6.21 Å². The van der Waals surface area contributed by atoms with E-state index in [0.29, 0.717) is 21.2 Å². The second kappa shape index (κ2) is 6.75. The van der Waals surface area contributed by atoms with Crippen molar-refractivity contribution in [3.05, 3.63) is 63.6 Å². The first-order chi connectivity index (χ1) is 9.59. The van der Waals surface area contributed by atoms with Gasteiger partial charge in [-0.05, 0) is 24.3 Å². The maximum Gasteiger partial charge on any atom is 0.124 e. The van der Waals surface area contributed by atoms with E-state index in [1.54, 1.807) is 42.5 Å². The maximum absolute atomic E-state index is 10.1. The number of phenols is 1. The van der Waals surface area contributed by atoms with Crippen LogP contribution in [0, 0.1) is 0 Å². The Bertz CT molecular complexity index is 609. The van der Waals surface area contributed by atoms with E-state index in [-0.39, 0.29) is 12.3 Å². The third kappa shape index (κ3) is 3.51. The summed E-state index contributed by atoms with van der Waals surface area (Å²) in [5, 5.41) is 20.5. The number of aliphatic imine (C=N–C) groups is 1. The second-order valence-corrected chi connectivity index (χ2v) is 5.02. The number of nitrogens with zero attached hydrogens (tertiary/aromatic N) is 1. The standard InChI is InChI=1S/C15H13Cl2NO2/c16-11-5-3-6-12(17)15(11)14(20)9-18-8-10-4-1-2-7-13(10)19/h1-8,14,19-20H,9H2. The number of para-hydroxylation sites is 1. The minimum atomic E-state index is -0.890. The van der Waals surface area contributed by atoms with Crippen LogP contribution in [0.5, 0.6) is 5.75 Å². The normalized spacial score (nSPS) is 12.8. The fourth-order valence-corrected chi connectivity index (χ4v) is 2.42. The number of hydrogen-bond acceptors (Lipinski definition) is 3. The van der Waals surface area contributed by atoms with Crippen LogP contribution >= 0.6 is 23.2 Å². The molecule has 0 aliphatic heterocycles. The summed E-state index contributed by atoms with van der Waals surface area (Å²) in [6, 6.07) is 11.9. The Morgan fingerprint density at radius 3 is 2.35 bits per heavy atom. The number of benzene rings is 2. The van der Waals surface area contributed by atoms with Crippen LogP contribution in [0.25, 0.3) is 0 Å². The van der Waals surface area contributed by atoms with Crippen LogP contribution in [0.1, 0.15) is 17.2 Å². The molecule has 2 N–H and O–H groups in total. The van der Waals surface area contributed by atoms with E-state index in [0.717, 1.165) is 0 Å². The third-order valence-electron chi connectivity index (χ3n) is 2.78. The quantitative estimate of drug-likeness (QED) is 0.843. The summed E-state index contributed by atoms with van der Waals surface area (Å²) in [5.74, 6) is 0.140. The monoisotopic (exact) mass is 309 g/mol. The number of rotatable bonds is 4. The first-order valence-electron chi connectivity index (χ1n) is 5.99. The van der Waals surface area contributed by atoms with Crippen molar-refractivity contribution in [2.45, 2.75) is 6.10 Å². The van der Waals surface area contributed by atoms with Gasteiger partial charge >= 0.3 is 0 Å². The minimum Gasteiger partial charge on any atom is -0.507 e. The highest BCUT2D eigenvalue weighted by Crippen LogP contribution is 2.30. The average Bonchev–Trinajstić information content (AvgIpc) is 2.41. The Labute approximate surface area is 127 Å². The fourth-order valence-electron chi connectivity index (χ4n) is 1.77. The molecule has 2 aromatic carbocycles. The van der Waals surface area contributed by atoms with Crippen molar-refractivity contribution in [1.29, 1.82) is 0 Å². The van der Waals surface area contributed by atoms with Crippen molar-refractivity contribution in [1.82, 2.24) is 0 Å². The van der Waals surface area contributed by atoms with Gasteiger partial charge < -0.3 is 10.2 Å². The second-order valence-electron chi connectivity index (χ2n) is 4.20. The summed E-state index contributed by atoms with van der Waals surface area (Å²) in [4.78, 5) is 4.11.